The van der Waals surface area contributed by atoms with Gasteiger partial charge in [0.1, 0.15) is 6.10 Å². The quantitative estimate of drug-likeness (QED) is 0.547. The Kier molecular flexibility index (Phi) is 0.993. The first kappa shape index (κ1) is 6.01. The maximum Gasteiger partial charge on any atom is 0.408 e. The molecule has 0 unspecified atom stereocenters. The second-order valence-corrected chi connectivity index (χ2v) is 3.33. The summed E-state index contributed by atoms with van der Waals surface area (Å²) in [6, 6.07) is 0. The van der Waals surface area contributed by atoms with Crippen LogP contribution < -0.4 is 5.32 Å². The van der Waals surface area contributed by atoms with Crippen molar-refractivity contribution in [1.29, 1.82) is 0 Å². The topological polar surface area (TPSA) is 38.3 Å². The number of hydrogen-bond acceptors (Lipinski definition) is 2. The molecule has 1 saturated carbocycles. The number of carbonyl (C=O) groups excluding carboxylic acids is 1. The summed E-state index contributed by atoms with van der Waals surface area (Å²) >= 11 is 0. The van der Waals surface area contributed by atoms with Gasteiger partial charge in [-0.1, -0.05) is 0 Å². The molecule has 1 saturated heterocycles. The first-order chi connectivity index (χ1) is 4.71. The molecule has 0 aromatic rings. The monoisotopic (exact) mass is 141 g/mol. The molecule has 0 radical (unpaired) electrons. The van der Waals surface area contributed by atoms with Gasteiger partial charge in [-0.3, -0.25) is 0 Å². The molecule has 0 aromatic heterocycles. The predicted molar refractivity (Wildman–Crippen MR) is 35.7 cm³/mol. The smallest absolute Gasteiger partial charge is 0.408 e. The van der Waals surface area contributed by atoms with Crippen LogP contribution in [-0.2, 0) is 4.74 Å². The van der Waals surface area contributed by atoms with Crippen LogP contribution in [0.1, 0.15) is 26.2 Å². The number of nitrogens with one attached hydrogen (secondary N) is 1. The third kappa shape index (κ3) is 0.632. The number of rotatable bonds is 0. The van der Waals surface area contributed by atoms with Crippen LogP contribution in [-0.4, -0.2) is 17.7 Å². The minimum absolute atomic E-state index is 0.0446. The molecule has 1 heterocycles. The fraction of sp³-hybridized carbons (Fsp3) is 0.857. The SMILES string of the molecule is C[C@@]12CCC[C@@H]1OC(=O)N2. The Labute approximate surface area is 59.7 Å². The van der Waals surface area contributed by atoms with E-state index in [4.69, 9.17) is 4.74 Å². The number of fused-ring (bicyclic) bond motifs is 1. The highest BCUT2D eigenvalue weighted by atomic mass is 16.6. The molecule has 3 heteroatoms. The van der Waals surface area contributed by atoms with Crippen LogP contribution in [0, 0.1) is 0 Å². The fourth-order valence-electron chi connectivity index (χ4n) is 1.86. The summed E-state index contributed by atoms with van der Waals surface area (Å²) in [4.78, 5) is 10.7. The molecule has 1 aliphatic carbocycles. The molecule has 0 aromatic carbocycles. The number of alkyl carbamates (subject to hydrolysis) is 1. The second-order valence-electron chi connectivity index (χ2n) is 3.33. The lowest BCUT2D eigenvalue weighted by atomic mass is 10.00. The van der Waals surface area contributed by atoms with Crippen molar-refractivity contribution in [2.45, 2.75) is 37.8 Å². The highest BCUT2D eigenvalue weighted by Crippen LogP contribution is 2.35. The van der Waals surface area contributed by atoms with Crippen molar-refractivity contribution < 1.29 is 9.53 Å². The number of amides is 1. The molecule has 2 fully saturated rings. The van der Waals surface area contributed by atoms with E-state index in [1.54, 1.807) is 0 Å². The third-order valence-corrected chi connectivity index (χ3v) is 2.51. The van der Waals surface area contributed by atoms with Crippen molar-refractivity contribution in [3.8, 4) is 0 Å². The van der Waals surface area contributed by atoms with Gasteiger partial charge in [0.15, 0.2) is 0 Å². The van der Waals surface area contributed by atoms with Crippen molar-refractivity contribution in [2.75, 3.05) is 0 Å². The number of ether oxygens (including phenoxy) is 1. The molecule has 1 aliphatic heterocycles. The lowest BCUT2D eigenvalue weighted by Crippen LogP contribution is -2.41. The maximum absolute atomic E-state index is 10.7. The van der Waals surface area contributed by atoms with E-state index >= 15 is 0 Å². The zero-order chi connectivity index (χ0) is 7.19. The zero-order valence-corrected chi connectivity index (χ0v) is 6.02. The molecule has 1 amide bonds. The molecule has 3 nitrogen and oxygen atoms in total. The van der Waals surface area contributed by atoms with E-state index in [0.717, 1.165) is 12.8 Å². The van der Waals surface area contributed by atoms with E-state index in [1.165, 1.54) is 6.42 Å². The van der Waals surface area contributed by atoms with Crippen molar-refractivity contribution >= 4 is 6.09 Å². The van der Waals surface area contributed by atoms with Crippen molar-refractivity contribution in [3.05, 3.63) is 0 Å². The largest absolute Gasteiger partial charge is 0.444 e. The van der Waals surface area contributed by atoms with E-state index in [0.29, 0.717) is 0 Å². The summed E-state index contributed by atoms with van der Waals surface area (Å²) in [5.74, 6) is 0. The van der Waals surface area contributed by atoms with Gasteiger partial charge < -0.3 is 10.1 Å². The maximum atomic E-state index is 10.7. The first-order valence-corrected chi connectivity index (χ1v) is 3.69. The van der Waals surface area contributed by atoms with Gasteiger partial charge in [-0.05, 0) is 26.2 Å². The first-order valence-electron chi connectivity index (χ1n) is 3.69. The van der Waals surface area contributed by atoms with Gasteiger partial charge in [0, 0.05) is 0 Å². The summed E-state index contributed by atoms with van der Waals surface area (Å²) in [7, 11) is 0. The Balaban J connectivity index is 2.22. The summed E-state index contributed by atoms with van der Waals surface area (Å²) in [6.45, 7) is 2.05. The fourth-order valence-corrected chi connectivity index (χ4v) is 1.86. The van der Waals surface area contributed by atoms with E-state index in [1.807, 2.05) is 0 Å². The highest BCUT2D eigenvalue weighted by molar-refractivity contribution is 5.71. The normalized spacial score (nSPS) is 44.5. The molecule has 1 N–H and O–H groups in total. The van der Waals surface area contributed by atoms with Crippen LogP contribution in [0.5, 0.6) is 0 Å². The van der Waals surface area contributed by atoms with E-state index in [2.05, 4.69) is 12.2 Å². The Hall–Kier alpha value is -0.730. The highest BCUT2D eigenvalue weighted by Gasteiger charge is 2.47. The zero-order valence-electron chi connectivity index (χ0n) is 6.02. The Morgan fingerprint density at radius 2 is 2.60 bits per heavy atom. The molecule has 56 valence electrons. The lowest BCUT2D eigenvalue weighted by molar-refractivity contribution is 0.125. The van der Waals surface area contributed by atoms with E-state index < -0.39 is 0 Å². The Morgan fingerprint density at radius 3 is 3.30 bits per heavy atom. The molecule has 2 aliphatic rings. The second kappa shape index (κ2) is 1.65. The van der Waals surface area contributed by atoms with Gasteiger partial charge in [0.05, 0.1) is 5.54 Å². The summed E-state index contributed by atoms with van der Waals surface area (Å²) in [6.07, 6.45) is 3.15. The molecule has 0 spiro atoms. The molecule has 2 atom stereocenters. The average molecular weight is 141 g/mol. The molecular formula is C7H11NO2. The molecular weight excluding hydrogens is 130 g/mol. The van der Waals surface area contributed by atoms with Crippen LogP contribution in [0.4, 0.5) is 4.79 Å². The van der Waals surface area contributed by atoms with Crippen LogP contribution in [0.25, 0.3) is 0 Å². The van der Waals surface area contributed by atoms with Gasteiger partial charge in [0.2, 0.25) is 0 Å². The minimum Gasteiger partial charge on any atom is -0.444 e. The van der Waals surface area contributed by atoms with Crippen LogP contribution in [0.2, 0.25) is 0 Å². The van der Waals surface area contributed by atoms with Gasteiger partial charge >= 0.3 is 6.09 Å². The summed E-state index contributed by atoms with van der Waals surface area (Å²) in [5.41, 5.74) is -0.0446. The number of carbonyl (C=O) groups is 1. The van der Waals surface area contributed by atoms with E-state index in [9.17, 15) is 4.79 Å². The van der Waals surface area contributed by atoms with Crippen molar-refractivity contribution in [1.82, 2.24) is 5.32 Å². The van der Waals surface area contributed by atoms with Crippen LogP contribution in [0.15, 0.2) is 0 Å². The van der Waals surface area contributed by atoms with Crippen molar-refractivity contribution in [3.63, 3.8) is 0 Å². The van der Waals surface area contributed by atoms with Crippen LogP contribution >= 0.6 is 0 Å². The molecule has 2 rings (SSSR count). The van der Waals surface area contributed by atoms with Crippen molar-refractivity contribution in [2.24, 2.45) is 0 Å². The van der Waals surface area contributed by atoms with Gasteiger partial charge in [-0.25, -0.2) is 4.79 Å². The number of hydrogen-bond donors (Lipinski definition) is 1. The summed E-state index contributed by atoms with van der Waals surface area (Å²) < 4.78 is 5.04. The Morgan fingerprint density at radius 1 is 1.80 bits per heavy atom. The molecule has 0 bridgehead atoms. The standard InChI is InChI=1S/C7H11NO2/c1-7-4-2-3-5(7)10-6(9)8-7/h5H,2-4H2,1H3,(H,8,9)/t5-,7+/m0/s1. The summed E-state index contributed by atoms with van der Waals surface area (Å²) in [5, 5.41) is 2.83. The Bertz CT molecular complexity index is 180. The van der Waals surface area contributed by atoms with Gasteiger partial charge in [-0.2, -0.15) is 0 Å². The average Bonchev–Trinajstić information content (AvgIpc) is 2.20. The van der Waals surface area contributed by atoms with Crippen LogP contribution in [0.3, 0.4) is 0 Å². The van der Waals surface area contributed by atoms with Gasteiger partial charge in [-0.15, -0.1) is 0 Å². The minimum atomic E-state index is -0.243. The van der Waals surface area contributed by atoms with E-state index in [-0.39, 0.29) is 17.7 Å². The lowest BCUT2D eigenvalue weighted by Gasteiger charge is -2.19. The van der Waals surface area contributed by atoms with Gasteiger partial charge in [0.25, 0.3) is 0 Å². The third-order valence-electron chi connectivity index (χ3n) is 2.51. The molecule has 10 heavy (non-hydrogen) atoms. The predicted octanol–water partition coefficient (Wildman–Crippen LogP) is 1.04.